The Hall–Kier alpha value is -2.61. The molecule has 26 heavy (non-hydrogen) atoms. The summed E-state index contributed by atoms with van der Waals surface area (Å²) in [6.45, 7) is 0. The van der Waals surface area contributed by atoms with Crippen LogP contribution in [0.15, 0.2) is 53.6 Å². The maximum atomic E-state index is 12.3. The second kappa shape index (κ2) is 8.18. The van der Waals surface area contributed by atoms with E-state index < -0.39 is 10.0 Å². The maximum Gasteiger partial charge on any atom is 0.319 e. The predicted octanol–water partition coefficient (Wildman–Crippen LogP) is 3.34. The highest BCUT2D eigenvalue weighted by Gasteiger charge is 2.17. The lowest BCUT2D eigenvalue weighted by Crippen LogP contribution is -2.39. The molecule has 3 N–H and O–H groups in total. The first-order valence-corrected chi connectivity index (χ1v) is 10.1. The molecular formula is C18H22N4O3S. The summed E-state index contributed by atoms with van der Waals surface area (Å²) in [6, 6.07) is 10.9. The van der Waals surface area contributed by atoms with E-state index in [2.05, 4.69) is 20.3 Å². The zero-order valence-corrected chi connectivity index (χ0v) is 15.1. The maximum absolute atomic E-state index is 12.3. The molecule has 7 nitrogen and oxygen atoms in total. The molecule has 0 spiro atoms. The predicted molar refractivity (Wildman–Crippen MR) is 101 cm³/mol. The van der Waals surface area contributed by atoms with Gasteiger partial charge in [-0.2, -0.15) is 0 Å². The Balaban J connectivity index is 1.59. The monoisotopic (exact) mass is 374 g/mol. The largest absolute Gasteiger partial charge is 0.335 e. The Kier molecular flexibility index (Phi) is 5.72. The molecule has 1 aliphatic rings. The van der Waals surface area contributed by atoms with Crippen molar-refractivity contribution in [1.82, 2.24) is 10.3 Å². The molecule has 1 saturated carbocycles. The number of benzene rings is 1. The van der Waals surface area contributed by atoms with Gasteiger partial charge >= 0.3 is 6.03 Å². The molecule has 1 aliphatic carbocycles. The van der Waals surface area contributed by atoms with Gasteiger partial charge in [0, 0.05) is 17.9 Å². The number of aromatic nitrogens is 1. The molecule has 1 aromatic heterocycles. The number of sulfonamides is 1. The van der Waals surface area contributed by atoms with Crippen LogP contribution >= 0.6 is 0 Å². The van der Waals surface area contributed by atoms with Gasteiger partial charge in [0.1, 0.15) is 5.82 Å². The molecule has 1 heterocycles. The van der Waals surface area contributed by atoms with Gasteiger partial charge in [-0.15, -0.1) is 0 Å². The van der Waals surface area contributed by atoms with E-state index in [0.29, 0.717) is 5.69 Å². The van der Waals surface area contributed by atoms with E-state index in [-0.39, 0.29) is 22.8 Å². The third-order valence-electron chi connectivity index (χ3n) is 4.27. The first kappa shape index (κ1) is 18.2. The van der Waals surface area contributed by atoms with Crippen LogP contribution in [0.2, 0.25) is 0 Å². The highest BCUT2D eigenvalue weighted by Crippen LogP contribution is 2.19. The summed E-state index contributed by atoms with van der Waals surface area (Å²) < 4.78 is 27.1. The van der Waals surface area contributed by atoms with Crippen LogP contribution in [0.1, 0.15) is 32.1 Å². The minimum Gasteiger partial charge on any atom is -0.335 e. The summed E-state index contributed by atoms with van der Waals surface area (Å²) in [4.78, 5) is 16.1. The smallest absolute Gasteiger partial charge is 0.319 e. The summed E-state index contributed by atoms with van der Waals surface area (Å²) in [7, 11) is -3.72. The lowest BCUT2D eigenvalue weighted by atomic mass is 9.96. The Morgan fingerprint density at radius 2 is 1.73 bits per heavy atom. The van der Waals surface area contributed by atoms with Crippen molar-refractivity contribution >= 4 is 27.6 Å². The van der Waals surface area contributed by atoms with Crippen molar-refractivity contribution in [2.24, 2.45) is 0 Å². The molecule has 0 aliphatic heterocycles. The quantitative estimate of drug-likeness (QED) is 0.747. The molecule has 0 bridgehead atoms. The van der Waals surface area contributed by atoms with E-state index >= 15 is 0 Å². The molecule has 1 aromatic carbocycles. The fourth-order valence-electron chi connectivity index (χ4n) is 2.94. The van der Waals surface area contributed by atoms with E-state index in [4.69, 9.17) is 0 Å². The van der Waals surface area contributed by atoms with Gasteiger partial charge in [0.25, 0.3) is 10.0 Å². The molecule has 2 amide bonds. The molecule has 0 radical (unpaired) electrons. The molecule has 0 saturated heterocycles. The van der Waals surface area contributed by atoms with E-state index in [0.717, 1.165) is 25.7 Å². The average molecular weight is 374 g/mol. The molecule has 1 fully saturated rings. The van der Waals surface area contributed by atoms with Crippen LogP contribution in [-0.4, -0.2) is 25.5 Å². The molecule has 138 valence electrons. The Labute approximate surface area is 153 Å². The highest BCUT2D eigenvalue weighted by molar-refractivity contribution is 7.92. The molecule has 3 rings (SSSR count). The fraction of sp³-hybridized carbons (Fsp3) is 0.333. The first-order chi connectivity index (χ1) is 12.5. The number of nitrogens with one attached hydrogen (secondary N) is 3. The van der Waals surface area contributed by atoms with Gasteiger partial charge in [-0.3, -0.25) is 4.72 Å². The molecule has 0 atom stereocenters. The van der Waals surface area contributed by atoms with Gasteiger partial charge in [0.15, 0.2) is 0 Å². The van der Waals surface area contributed by atoms with Crippen molar-refractivity contribution in [1.29, 1.82) is 0 Å². The topological polar surface area (TPSA) is 100 Å². The molecule has 8 heteroatoms. The summed E-state index contributed by atoms with van der Waals surface area (Å²) in [6.07, 6.45) is 7.02. The van der Waals surface area contributed by atoms with Crippen molar-refractivity contribution in [2.45, 2.75) is 43.0 Å². The standard InChI is InChI=1S/C18H22N4O3S/c23-18(20-14-6-2-1-3-7-14)21-15-9-11-16(12-10-15)26(24,25)22-17-8-4-5-13-19-17/h4-5,8-14H,1-3,6-7H2,(H,19,22)(H2,20,21,23). The number of amides is 2. The number of nitrogens with zero attached hydrogens (tertiary/aromatic N) is 1. The van der Waals surface area contributed by atoms with Gasteiger partial charge < -0.3 is 10.6 Å². The van der Waals surface area contributed by atoms with Crippen LogP contribution in [0.5, 0.6) is 0 Å². The number of hydrogen-bond donors (Lipinski definition) is 3. The van der Waals surface area contributed by atoms with E-state index in [9.17, 15) is 13.2 Å². The molecular weight excluding hydrogens is 352 g/mol. The van der Waals surface area contributed by atoms with Crippen molar-refractivity contribution in [3.8, 4) is 0 Å². The van der Waals surface area contributed by atoms with Crippen LogP contribution < -0.4 is 15.4 Å². The average Bonchev–Trinajstić information content (AvgIpc) is 2.63. The zero-order valence-electron chi connectivity index (χ0n) is 14.3. The number of rotatable bonds is 5. The third kappa shape index (κ3) is 4.95. The van der Waals surface area contributed by atoms with Crippen LogP contribution in [0.25, 0.3) is 0 Å². The van der Waals surface area contributed by atoms with Crippen LogP contribution in [0.3, 0.4) is 0 Å². The summed E-state index contributed by atoms with van der Waals surface area (Å²) >= 11 is 0. The van der Waals surface area contributed by atoms with E-state index in [1.807, 2.05) is 0 Å². The second-order valence-electron chi connectivity index (χ2n) is 6.28. The van der Waals surface area contributed by atoms with Gasteiger partial charge in [0.05, 0.1) is 4.90 Å². The number of pyridine rings is 1. The second-order valence-corrected chi connectivity index (χ2v) is 7.96. The lowest BCUT2D eigenvalue weighted by molar-refractivity contribution is 0.244. The van der Waals surface area contributed by atoms with Crippen molar-refractivity contribution in [2.75, 3.05) is 10.0 Å². The molecule has 0 unspecified atom stereocenters. The van der Waals surface area contributed by atoms with Crippen molar-refractivity contribution in [3.63, 3.8) is 0 Å². The van der Waals surface area contributed by atoms with E-state index in [1.54, 1.807) is 30.3 Å². The van der Waals surface area contributed by atoms with Crippen LogP contribution in [0.4, 0.5) is 16.3 Å². The Morgan fingerprint density at radius 1 is 1.00 bits per heavy atom. The number of anilines is 2. The minimum absolute atomic E-state index is 0.0985. The summed E-state index contributed by atoms with van der Waals surface area (Å²) in [5, 5.41) is 5.70. The van der Waals surface area contributed by atoms with Gasteiger partial charge in [-0.1, -0.05) is 25.3 Å². The van der Waals surface area contributed by atoms with Gasteiger partial charge in [-0.05, 0) is 49.2 Å². The Morgan fingerprint density at radius 3 is 2.38 bits per heavy atom. The third-order valence-corrected chi connectivity index (χ3v) is 5.64. The number of carbonyl (C=O) groups excluding carboxylic acids is 1. The SMILES string of the molecule is O=C(Nc1ccc(S(=O)(=O)Nc2ccccn2)cc1)NC1CCCCC1. The lowest BCUT2D eigenvalue weighted by Gasteiger charge is -2.22. The van der Waals surface area contributed by atoms with Crippen molar-refractivity contribution < 1.29 is 13.2 Å². The van der Waals surface area contributed by atoms with E-state index in [1.165, 1.54) is 24.8 Å². The fourth-order valence-corrected chi connectivity index (χ4v) is 3.94. The normalized spacial score (nSPS) is 15.2. The number of urea groups is 1. The minimum atomic E-state index is -3.72. The number of hydrogen-bond acceptors (Lipinski definition) is 4. The van der Waals surface area contributed by atoms with Crippen LogP contribution in [-0.2, 0) is 10.0 Å². The summed E-state index contributed by atoms with van der Waals surface area (Å²) in [5.41, 5.74) is 0.537. The Bertz CT molecular complexity index is 832. The van der Waals surface area contributed by atoms with Gasteiger partial charge in [0.2, 0.25) is 0 Å². The zero-order chi connectivity index (χ0) is 18.4. The summed E-state index contributed by atoms with van der Waals surface area (Å²) in [5.74, 6) is 0.251. The van der Waals surface area contributed by atoms with Crippen LogP contribution in [0, 0.1) is 0 Å². The first-order valence-electron chi connectivity index (χ1n) is 8.64. The molecule has 2 aromatic rings. The van der Waals surface area contributed by atoms with Crippen molar-refractivity contribution in [3.05, 3.63) is 48.7 Å². The number of carbonyl (C=O) groups is 1. The highest BCUT2D eigenvalue weighted by atomic mass is 32.2. The van der Waals surface area contributed by atoms with Gasteiger partial charge in [-0.25, -0.2) is 18.2 Å².